The molecule has 0 heterocycles. The van der Waals surface area contributed by atoms with Crippen molar-refractivity contribution in [2.75, 3.05) is 21.3 Å². The maximum Gasteiger partial charge on any atom is 3.00 e. The number of hydrogen-bond donors (Lipinski definition) is 0. The molecule has 0 N–H and O–H groups in total. The summed E-state index contributed by atoms with van der Waals surface area (Å²) in [7, 11) is 4.36. The Balaban J connectivity index is -0.0000000655. The fraction of sp³-hybridized carbons (Fsp3) is 0.500. The molecule has 0 unspecified atom stereocenters. The van der Waals surface area contributed by atoms with E-state index in [1.165, 1.54) is 21.3 Å². The number of ether oxygens (including phenoxy) is 3. The van der Waals surface area contributed by atoms with Crippen LogP contribution in [-0.2, 0) is 69.2 Å². The van der Waals surface area contributed by atoms with E-state index in [4.69, 9.17) is 0 Å². The molecule has 3 nitrogen and oxygen atoms in total. The normalized spacial score (nSPS) is 6.19. The third-order valence-electron chi connectivity index (χ3n) is 0.500. The van der Waals surface area contributed by atoms with Gasteiger partial charge in [0.25, 0.3) is 0 Å². The Morgan fingerprint density at radius 3 is 0.750 bits per heavy atom. The van der Waals surface area contributed by atoms with Crippen LogP contribution < -0.4 is 0 Å². The van der Waals surface area contributed by atoms with Crippen LogP contribution >= 0.6 is 36.7 Å². The van der Waals surface area contributed by atoms with E-state index in [1.807, 2.05) is 0 Å². The zero-order valence-electron chi connectivity index (χ0n) is 8.53. The smallest absolute Gasteiger partial charge is 0.517 e. The predicted molar refractivity (Wildman–Crippen MR) is 80.9 cm³/mol. The summed E-state index contributed by atoms with van der Waals surface area (Å²) in [6.45, 7) is 0. The molecule has 0 amide bonds. The van der Waals surface area contributed by atoms with Gasteiger partial charge in [0.15, 0.2) is 0 Å². The standard InChI is InChI=1S/3C2H4OS2.Fe/c3*1-3-2(4)5;/h3*1H3,(H,4,5);/q;;;+3/p-3. The maximum atomic E-state index is 4.30. The zero-order valence-corrected chi connectivity index (χ0v) is 14.5. The second-order valence-electron chi connectivity index (χ2n) is 1.36. The largest absolute Gasteiger partial charge is 3.00 e. The Labute approximate surface area is 139 Å². The monoisotopic (exact) mass is 377 g/mol. The van der Waals surface area contributed by atoms with Crippen LogP contribution in [0.1, 0.15) is 0 Å². The average molecular weight is 377 g/mol. The molecule has 16 heavy (non-hydrogen) atoms. The van der Waals surface area contributed by atoms with Crippen LogP contribution in [0.25, 0.3) is 0 Å². The van der Waals surface area contributed by atoms with Crippen LogP contribution in [-0.4, -0.2) is 34.5 Å². The van der Waals surface area contributed by atoms with Crippen molar-refractivity contribution in [1.82, 2.24) is 0 Å². The molecule has 0 aliphatic heterocycles. The van der Waals surface area contributed by atoms with Crippen molar-refractivity contribution in [1.29, 1.82) is 0 Å². The fourth-order valence-corrected chi connectivity index (χ4v) is 0. The van der Waals surface area contributed by atoms with Crippen molar-refractivity contribution in [2.45, 2.75) is 0 Å². The van der Waals surface area contributed by atoms with Gasteiger partial charge in [0.05, 0.1) is 21.3 Å². The molecule has 1 radical (unpaired) electrons. The Morgan fingerprint density at radius 1 is 0.688 bits per heavy atom. The summed E-state index contributed by atoms with van der Waals surface area (Å²) >= 11 is 25.7. The van der Waals surface area contributed by atoms with Crippen LogP contribution in [0.3, 0.4) is 0 Å². The molecule has 10 heteroatoms. The van der Waals surface area contributed by atoms with Crippen LogP contribution in [0.2, 0.25) is 0 Å². The molecule has 0 fully saturated rings. The van der Waals surface area contributed by atoms with Crippen molar-refractivity contribution >= 4 is 87.7 Å². The van der Waals surface area contributed by atoms with Crippen LogP contribution in [0.15, 0.2) is 0 Å². The summed E-state index contributed by atoms with van der Waals surface area (Å²) in [6, 6.07) is 0. The number of hydrogen-bond acceptors (Lipinski definition) is 9. The first-order chi connectivity index (χ1) is 6.81. The minimum atomic E-state index is 0. The summed E-state index contributed by atoms with van der Waals surface area (Å²) in [5.74, 6) is 0. The quantitative estimate of drug-likeness (QED) is 0.353. The van der Waals surface area contributed by atoms with Crippen molar-refractivity contribution in [3.05, 3.63) is 0 Å². The number of rotatable bonds is 0. The molecule has 0 aromatic carbocycles. The second-order valence-corrected chi connectivity index (χ2v) is 4.36. The van der Waals surface area contributed by atoms with Crippen molar-refractivity contribution in [3.8, 4) is 0 Å². The van der Waals surface area contributed by atoms with Gasteiger partial charge in [-0.05, 0) is 0 Å². The van der Waals surface area contributed by atoms with Gasteiger partial charge in [0.2, 0.25) is 0 Å². The van der Waals surface area contributed by atoms with E-state index in [0.717, 1.165) is 0 Å². The summed E-state index contributed by atoms with van der Waals surface area (Å²) in [5.41, 5.74) is 0. The van der Waals surface area contributed by atoms with Gasteiger partial charge in [0.1, 0.15) is 0 Å². The minimum absolute atomic E-state index is 0. The van der Waals surface area contributed by atoms with Gasteiger partial charge in [-0.3, -0.25) is 0 Å². The van der Waals surface area contributed by atoms with Crippen molar-refractivity contribution in [2.24, 2.45) is 0 Å². The van der Waals surface area contributed by atoms with Gasteiger partial charge >= 0.3 is 17.1 Å². The van der Waals surface area contributed by atoms with E-state index in [9.17, 15) is 0 Å². The van der Waals surface area contributed by atoms with E-state index in [0.29, 0.717) is 0 Å². The molecular formula is C6H9FeO3S6. The Morgan fingerprint density at radius 2 is 0.750 bits per heavy atom. The van der Waals surface area contributed by atoms with E-state index < -0.39 is 0 Å². The summed E-state index contributed by atoms with van der Waals surface area (Å²) in [6.07, 6.45) is 0. The van der Waals surface area contributed by atoms with Gasteiger partial charge in [-0.1, -0.05) is 0 Å². The fourth-order valence-electron chi connectivity index (χ4n) is 0. The molecule has 0 aromatic rings. The van der Waals surface area contributed by atoms with Gasteiger partial charge in [-0.15, -0.1) is 0 Å². The molecule has 0 bridgehead atoms. The Kier molecular flexibility index (Phi) is 33.9. The van der Waals surface area contributed by atoms with E-state index in [1.54, 1.807) is 0 Å². The first-order valence-corrected chi connectivity index (χ1v) is 5.51. The third-order valence-corrected chi connectivity index (χ3v) is 1.50. The molecule has 0 saturated heterocycles. The Hall–Kier alpha value is 0.849. The molecule has 0 aromatic heterocycles. The second kappa shape index (κ2) is 21.2. The molecule has 0 aliphatic rings. The molecule has 0 atom stereocenters. The average Bonchev–Trinajstić information content (AvgIpc) is 2.19. The van der Waals surface area contributed by atoms with Crippen molar-refractivity contribution < 1.29 is 31.3 Å². The topological polar surface area (TPSA) is 27.7 Å². The first kappa shape index (κ1) is 25.6. The molecule has 0 rings (SSSR count). The van der Waals surface area contributed by atoms with Gasteiger partial charge < -0.3 is 88.8 Å². The first-order valence-electron chi connectivity index (χ1n) is 3.06. The van der Waals surface area contributed by atoms with Crippen LogP contribution in [0.4, 0.5) is 0 Å². The summed E-state index contributed by atoms with van der Waals surface area (Å²) < 4.78 is 13.4. The van der Waals surface area contributed by atoms with E-state index in [-0.39, 0.29) is 30.2 Å². The number of thiocarbonyl (C=S) groups is 3. The Bertz CT molecular complexity index is 167. The SMILES string of the molecule is COC(=S)[S-].COC(=S)[S-].COC(=S)[S-].[Fe+3]. The minimum Gasteiger partial charge on any atom is -0.517 e. The van der Waals surface area contributed by atoms with E-state index >= 15 is 0 Å². The zero-order chi connectivity index (χ0) is 12.9. The third kappa shape index (κ3) is 60.7. The molecule has 0 aliphatic carbocycles. The summed E-state index contributed by atoms with van der Waals surface area (Å²) in [5, 5.41) is 0. The van der Waals surface area contributed by atoms with Gasteiger partial charge in [-0.25, -0.2) is 0 Å². The maximum absolute atomic E-state index is 4.30. The molecule has 95 valence electrons. The summed E-state index contributed by atoms with van der Waals surface area (Å²) in [4.78, 5) is 0. The van der Waals surface area contributed by atoms with Crippen molar-refractivity contribution in [3.63, 3.8) is 0 Å². The molecule has 0 spiro atoms. The van der Waals surface area contributed by atoms with Gasteiger partial charge in [0, 0.05) is 13.1 Å². The van der Waals surface area contributed by atoms with Crippen LogP contribution in [0, 0.1) is 0 Å². The van der Waals surface area contributed by atoms with Gasteiger partial charge in [-0.2, -0.15) is 0 Å². The van der Waals surface area contributed by atoms with Crippen LogP contribution in [0.5, 0.6) is 0 Å². The molecule has 0 saturated carbocycles. The predicted octanol–water partition coefficient (Wildman–Crippen LogP) is 1.39. The molecular weight excluding hydrogens is 368 g/mol. The number of methoxy groups -OCH3 is 3. The van der Waals surface area contributed by atoms with E-state index in [2.05, 4.69) is 88.8 Å².